The Morgan fingerprint density at radius 3 is 2.32 bits per heavy atom. The maximum atomic E-state index is 13.3. The number of carbonyl (C=O) groups excluding carboxylic acids is 3. The molecule has 3 amide bonds. The van der Waals surface area contributed by atoms with Crippen LogP contribution in [0.25, 0.3) is 0 Å². The topological polar surface area (TPSA) is 69.7 Å². The zero-order valence-corrected chi connectivity index (χ0v) is 18.3. The highest BCUT2D eigenvalue weighted by atomic mass is 16.2. The Kier molecular flexibility index (Phi) is 8.32. The average Bonchev–Trinajstić information content (AvgIpc) is 3.15. The summed E-state index contributed by atoms with van der Waals surface area (Å²) in [7, 11) is 1.62. The van der Waals surface area contributed by atoms with Gasteiger partial charge in [-0.1, -0.05) is 27.2 Å². The molecule has 0 aliphatic carbocycles. The Bertz CT molecular complexity index is 550. The number of likely N-dealkylation sites (N-methyl/N-ethyl adjacent to an activating group) is 1. The molecule has 6 heteroatoms. The summed E-state index contributed by atoms with van der Waals surface area (Å²) in [4.78, 5) is 42.0. The molecule has 0 spiro atoms. The number of hydrogen-bond donors (Lipinski definition) is 1. The molecular formula is C22H39N3O3. The summed E-state index contributed by atoms with van der Waals surface area (Å²) in [6.07, 6.45) is 7.78. The lowest BCUT2D eigenvalue weighted by Crippen LogP contribution is -2.48. The van der Waals surface area contributed by atoms with E-state index in [1.54, 1.807) is 11.9 Å². The van der Waals surface area contributed by atoms with Crippen LogP contribution < -0.4 is 5.32 Å². The Balaban J connectivity index is 2.06. The number of nitrogens with one attached hydrogen (secondary N) is 1. The van der Waals surface area contributed by atoms with Crippen LogP contribution in [0.15, 0.2) is 0 Å². The molecule has 2 fully saturated rings. The SMILES string of the molecule is CNC(=O)[C@@H]1CCCN1C(=O)C(CCCC(C)(C)C)CC(=O)N1CCCCC1. The van der Waals surface area contributed by atoms with Crippen LogP contribution in [0, 0.1) is 11.3 Å². The Morgan fingerprint density at radius 2 is 1.71 bits per heavy atom. The van der Waals surface area contributed by atoms with E-state index in [1.807, 2.05) is 4.90 Å². The molecule has 2 rings (SSSR count). The van der Waals surface area contributed by atoms with Crippen molar-refractivity contribution in [3.63, 3.8) is 0 Å². The maximum Gasteiger partial charge on any atom is 0.242 e. The molecule has 1 unspecified atom stereocenters. The fourth-order valence-electron chi connectivity index (χ4n) is 4.38. The predicted molar refractivity (Wildman–Crippen MR) is 111 cm³/mol. The van der Waals surface area contributed by atoms with Crippen LogP contribution in [0.4, 0.5) is 0 Å². The first-order chi connectivity index (χ1) is 13.2. The maximum absolute atomic E-state index is 13.3. The molecule has 0 bridgehead atoms. The molecule has 1 N–H and O–H groups in total. The van der Waals surface area contributed by atoms with Crippen LogP contribution in [0.5, 0.6) is 0 Å². The van der Waals surface area contributed by atoms with Crippen molar-refractivity contribution >= 4 is 17.7 Å². The van der Waals surface area contributed by atoms with E-state index < -0.39 is 0 Å². The number of nitrogens with zero attached hydrogens (tertiary/aromatic N) is 2. The van der Waals surface area contributed by atoms with E-state index in [1.165, 1.54) is 6.42 Å². The zero-order chi connectivity index (χ0) is 20.7. The van der Waals surface area contributed by atoms with Crippen LogP contribution in [-0.4, -0.2) is 60.2 Å². The quantitative estimate of drug-likeness (QED) is 0.723. The lowest BCUT2D eigenvalue weighted by molar-refractivity contribution is -0.145. The molecule has 6 nitrogen and oxygen atoms in total. The monoisotopic (exact) mass is 393 g/mol. The lowest BCUT2D eigenvalue weighted by Gasteiger charge is -2.31. The molecule has 0 aromatic heterocycles. The minimum Gasteiger partial charge on any atom is -0.357 e. The fraction of sp³-hybridized carbons (Fsp3) is 0.864. The number of rotatable bonds is 7. The summed E-state index contributed by atoms with van der Waals surface area (Å²) in [5.74, 6) is -0.321. The molecular weight excluding hydrogens is 354 g/mol. The smallest absolute Gasteiger partial charge is 0.242 e. The molecule has 2 saturated heterocycles. The Hall–Kier alpha value is -1.59. The zero-order valence-electron chi connectivity index (χ0n) is 18.3. The molecule has 0 aromatic carbocycles. The van der Waals surface area contributed by atoms with Crippen molar-refractivity contribution in [2.45, 2.75) is 84.6 Å². The van der Waals surface area contributed by atoms with Crippen molar-refractivity contribution in [1.82, 2.24) is 15.1 Å². The molecule has 28 heavy (non-hydrogen) atoms. The van der Waals surface area contributed by atoms with Gasteiger partial charge in [0.05, 0.1) is 0 Å². The molecule has 2 heterocycles. The molecule has 160 valence electrons. The van der Waals surface area contributed by atoms with Gasteiger partial charge in [-0.15, -0.1) is 0 Å². The number of likely N-dealkylation sites (tertiary alicyclic amines) is 2. The Morgan fingerprint density at radius 1 is 1.04 bits per heavy atom. The van der Waals surface area contributed by atoms with Crippen molar-refractivity contribution in [3.05, 3.63) is 0 Å². The van der Waals surface area contributed by atoms with Gasteiger partial charge in [0.1, 0.15) is 6.04 Å². The van der Waals surface area contributed by atoms with Crippen LogP contribution >= 0.6 is 0 Å². The first kappa shape index (κ1) is 22.7. The van der Waals surface area contributed by atoms with E-state index in [0.717, 1.165) is 45.2 Å². The second-order valence-corrected chi connectivity index (χ2v) is 9.60. The van der Waals surface area contributed by atoms with Crippen molar-refractivity contribution < 1.29 is 14.4 Å². The van der Waals surface area contributed by atoms with Gasteiger partial charge in [-0.3, -0.25) is 14.4 Å². The van der Waals surface area contributed by atoms with Gasteiger partial charge in [0.15, 0.2) is 0 Å². The van der Waals surface area contributed by atoms with E-state index in [9.17, 15) is 14.4 Å². The van der Waals surface area contributed by atoms with Crippen LogP contribution in [0.2, 0.25) is 0 Å². The van der Waals surface area contributed by atoms with Crippen molar-refractivity contribution in [2.24, 2.45) is 11.3 Å². The summed E-state index contributed by atoms with van der Waals surface area (Å²) in [5, 5.41) is 2.68. The largest absolute Gasteiger partial charge is 0.357 e. The number of hydrogen-bond acceptors (Lipinski definition) is 3. The summed E-state index contributed by atoms with van der Waals surface area (Å²) < 4.78 is 0. The summed E-state index contributed by atoms with van der Waals surface area (Å²) in [6.45, 7) is 8.84. The van der Waals surface area contributed by atoms with E-state index in [0.29, 0.717) is 19.4 Å². The van der Waals surface area contributed by atoms with Gasteiger partial charge in [-0.25, -0.2) is 0 Å². The highest BCUT2D eigenvalue weighted by Gasteiger charge is 2.37. The van der Waals surface area contributed by atoms with Crippen molar-refractivity contribution in [1.29, 1.82) is 0 Å². The third kappa shape index (κ3) is 6.49. The highest BCUT2D eigenvalue weighted by molar-refractivity contribution is 5.91. The Labute approximate surface area is 170 Å². The van der Waals surface area contributed by atoms with E-state index in [-0.39, 0.29) is 41.5 Å². The molecule has 0 saturated carbocycles. The summed E-state index contributed by atoms with van der Waals surface area (Å²) in [6, 6.07) is -0.382. The molecule has 0 aromatic rings. The molecule has 2 aliphatic rings. The third-order valence-electron chi connectivity index (χ3n) is 6.04. The van der Waals surface area contributed by atoms with Gasteiger partial charge in [-0.2, -0.15) is 0 Å². The molecule has 0 radical (unpaired) electrons. The average molecular weight is 394 g/mol. The van der Waals surface area contributed by atoms with Gasteiger partial charge in [0.25, 0.3) is 0 Å². The third-order valence-corrected chi connectivity index (χ3v) is 6.04. The van der Waals surface area contributed by atoms with E-state index >= 15 is 0 Å². The van der Waals surface area contributed by atoms with Crippen molar-refractivity contribution in [2.75, 3.05) is 26.7 Å². The molecule has 2 atom stereocenters. The van der Waals surface area contributed by atoms with Gasteiger partial charge < -0.3 is 15.1 Å². The van der Waals surface area contributed by atoms with Gasteiger partial charge in [0, 0.05) is 39.0 Å². The minimum atomic E-state index is -0.382. The van der Waals surface area contributed by atoms with Gasteiger partial charge in [0.2, 0.25) is 17.7 Å². The van der Waals surface area contributed by atoms with Gasteiger partial charge in [-0.05, 0) is 50.4 Å². The van der Waals surface area contributed by atoms with Crippen LogP contribution in [0.1, 0.15) is 78.6 Å². The standard InChI is InChI=1S/C22H39N3O3/c1-22(2,3)12-8-10-17(16-19(26)24-13-6-5-7-14-24)21(28)25-15-9-11-18(25)20(27)23-4/h17-18H,5-16H2,1-4H3,(H,23,27)/t17?,18-/m0/s1. The van der Waals surface area contributed by atoms with Crippen LogP contribution in [0.3, 0.4) is 0 Å². The summed E-state index contributed by atoms with van der Waals surface area (Å²) >= 11 is 0. The van der Waals surface area contributed by atoms with Crippen LogP contribution in [-0.2, 0) is 14.4 Å². The first-order valence-corrected chi connectivity index (χ1v) is 11.0. The predicted octanol–water partition coefficient (Wildman–Crippen LogP) is 2.96. The van der Waals surface area contributed by atoms with E-state index in [4.69, 9.17) is 0 Å². The normalized spacial score (nSPS) is 21.5. The fourth-order valence-corrected chi connectivity index (χ4v) is 4.38. The highest BCUT2D eigenvalue weighted by Crippen LogP contribution is 2.28. The lowest BCUT2D eigenvalue weighted by atomic mass is 9.86. The summed E-state index contributed by atoms with van der Waals surface area (Å²) in [5.41, 5.74) is 0.211. The number of amides is 3. The van der Waals surface area contributed by atoms with Crippen molar-refractivity contribution in [3.8, 4) is 0 Å². The first-order valence-electron chi connectivity index (χ1n) is 11.0. The number of carbonyl (C=O) groups is 3. The van der Waals surface area contributed by atoms with Gasteiger partial charge >= 0.3 is 0 Å². The second-order valence-electron chi connectivity index (χ2n) is 9.60. The molecule has 2 aliphatic heterocycles. The minimum absolute atomic E-state index is 0.00892. The van der Waals surface area contributed by atoms with E-state index in [2.05, 4.69) is 26.1 Å². The number of piperidine rings is 1. The second kappa shape index (κ2) is 10.3.